The minimum Gasteiger partial charge on any atom is -0.465 e. The Morgan fingerprint density at radius 3 is 2.58 bits per heavy atom. The standard InChI is InChI=1S/C23H22ClN3O5S/c24-19-5-1-2-6-20(19)26-33(29,30)22-16-17(7-9-21(22)27-11-14-31-15-12-27)25-23(28)10-8-18-4-3-13-32-18/h1-10,13,16,26H,11-12,14-15H2,(H,25,28). The van der Waals surface area contributed by atoms with Gasteiger partial charge in [0.2, 0.25) is 5.91 Å². The number of sulfonamides is 1. The number of nitrogens with zero attached hydrogens (tertiary/aromatic N) is 1. The Bertz CT molecular complexity index is 1250. The van der Waals surface area contributed by atoms with Crippen LogP contribution in [0.2, 0.25) is 5.02 Å². The van der Waals surface area contributed by atoms with Crippen molar-refractivity contribution in [2.75, 3.05) is 41.2 Å². The molecule has 4 rings (SSSR count). The highest BCUT2D eigenvalue weighted by Gasteiger charge is 2.25. The molecular formula is C23H22ClN3O5S. The van der Waals surface area contributed by atoms with Gasteiger partial charge in [0.15, 0.2) is 0 Å². The molecule has 0 atom stereocenters. The molecular weight excluding hydrogens is 466 g/mol. The lowest BCUT2D eigenvalue weighted by Gasteiger charge is -2.30. The fourth-order valence-corrected chi connectivity index (χ4v) is 4.92. The Balaban J connectivity index is 1.64. The molecule has 1 fully saturated rings. The molecule has 2 N–H and O–H groups in total. The van der Waals surface area contributed by atoms with Crippen LogP contribution in [0.3, 0.4) is 0 Å². The van der Waals surface area contributed by atoms with Crippen LogP contribution in [-0.2, 0) is 19.6 Å². The molecule has 0 radical (unpaired) electrons. The average molecular weight is 488 g/mol. The molecule has 2 aromatic carbocycles. The second-order valence-corrected chi connectivity index (χ2v) is 9.26. The zero-order valence-electron chi connectivity index (χ0n) is 17.5. The van der Waals surface area contributed by atoms with E-state index in [0.29, 0.717) is 43.4 Å². The van der Waals surface area contributed by atoms with Gasteiger partial charge in [-0.25, -0.2) is 8.42 Å². The first-order valence-electron chi connectivity index (χ1n) is 10.2. The highest BCUT2D eigenvalue weighted by molar-refractivity contribution is 7.93. The van der Waals surface area contributed by atoms with Crippen LogP contribution in [0.5, 0.6) is 0 Å². The van der Waals surface area contributed by atoms with Crippen molar-refractivity contribution in [3.05, 3.63) is 77.7 Å². The number of para-hydroxylation sites is 1. The summed E-state index contributed by atoms with van der Waals surface area (Å²) in [5.41, 5.74) is 1.12. The van der Waals surface area contributed by atoms with Gasteiger partial charge in [-0.2, -0.15) is 0 Å². The van der Waals surface area contributed by atoms with E-state index in [1.807, 2.05) is 4.90 Å². The van der Waals surface area contributed by atoms with E-state index in [-0.39, 0.29) is 15.6 Å². The van der Waals surface area contributed by atoms with Gasteiger partial charge in [-0.3, -0.25) is 9.52 Å². The van der Waals surface area contributed by atoms with E-state index >= 15 is 0 Å². The van der Waals surface area contributed by atoms with Gasteiger partial charge >= 0.3 is 0 Å². The summed E-state index contributed by atoms with van der Waals surface area (Å²) in [6.45, 7) is 2.08. The van der Waals surface area contributed by atoms with Crippen LogP contribution in [0.1, 0.15) is 5.76 Å². The Hall–Kier alpha value is -3.27. The summed E-state index contributed by atoms with van der Waals surface area (Å²) in [6, 6.07) is 14.8. The number of halogens is 1. The van der Waals surface area contributed by atoms with Crippen LogP contribution in [0.15, 0.2) is 76.2 Å². The zero-order valence-corrected chi connectivity index (χ0v) is 19.1. The summed E-state index contributed by atoms with van der Waals surface area (Å²) in [4.78, 5) is 14.3. The predicted molar refractivity (Wildman–Crippen MR) is 128 cm³/mol. The minimum absolute atomic E-state index is 0.0251. The van der Waals surface area contributed by atoms with E-state index < -0.39 is 15.9 Å². The van der Waals surface area contributed by atoms with Crippen molar-refractivity contribution in [1.29, 1.82) is 0 Å². The van der Waals surface area contributed by atoms with E-state index in [0.717, 1.165) is 0 Å². The first-order chi connectivity index (χ1) is 15.9. The maximum Gasteiger partial charge on any atom is 0.264 e. The van der Waals surface area contributed by atoms with E-state index in [4.69, 9.17) is 20.8 Å². The highest BCUT2D eigenvalue weighted by Crippen LogP contribution is 2.32. The van der Waals surface area contributed by atoms with Crippen LogP contribution in [-0.4, -0.2) is 40.6 Å². The lowest BCUT2D eigenvalue weighted by atomic mass is 10.2. The molecule has 0 spiro atoms. The number of anilines is 3. The first kappa shape index (κ1) is 22.9. The van der Waals surface area contributed by atoms with E-state index in [1.165, 1.54) is 24.5 Å². The van der Waals surface area contributed by atoms with Gasteiger partial charge in [-0.1, -0.05) is 23.7 Å². The van der Waals surface area contributed by atoms with Gasteiger partial charge in [-0.15, -0.1) is 0 Å². The topological polar surface area (TPSA) is 101 Å². The summed E-state index contributed by atoms with van der Waals surface area (Å²) >= 11 is 6.16. The van der Waals surface area contributed by atoms with Crippen molar-refractivity contribution in [3.8, 4) is 0 Å². The third kappa shape index (κ3) is 5.75. The number of nitrogens with one attached hydrogen (secondary N) is 2. The highest BCUT2D eigenvalue weighted by atomic mass is 35.5. The van der Waals surface area contributed by atoms with Gasteiger partial charge in [0, 0.05) is 24.9 Å². The van der Waals surface area contributed by atoms with Crippen molar-refractivity contribution < 1.29 is 22.4 Å². The summed E-state index contributed by atoms with van der Waals surface area (Å²) in [6.07, 6.45) is 4.34. The lowest BCUT2D eigenvalue weighted by Crippen LogP contribution is -2.37. The summed E-state index contributed by atoms with van der Waals surface area (Å²) in [7, 11) is -4.02. The average Bonchev–Trinajstić information content (AvgIpc) is 3.33. The van der Waals surface area contributed by atoms with E-state index in [1.54, 1.807) is 48.5 Å². The molecule has 1 aromatic heterocycles. The largest absolute Gasteiger partial charge is 0.465 e. The summed E-state index contributed by atoms with van der Waals surface area (Å²) in [5, 5.41) is 2.97. The Labute approximate surface area is 196 Å². The maximum absolute atomic E-state index is 13.4. The fraction of sp³-hybridized carbons (Fsp3) is 0.174. The first-order valence-corrected chi connectivity index (χ1v) is 12.1. The van der Waals surface area contributed by atoms with Gasteiger partial charge in [0.25, 0.3) is 10.0 Å². The molecule has 1 amide bonds. The monoisotopic (exact) mass is 487 g/mol. The molecule has 0 saturated carbocycles. The van der Waals surface area contributed by atoms with E-state index in [9.17, 15) is 13.2 Å². The van der Waals surface area contributed by atoms with Crippen molar-refractivity contribution in [2.24, 2.45) is 0 Å². The molecule has 1 saturated heterocycles. The molecule has 0 bridgehead atoms. The number of morpholine rings is 1. The van der Waals surface area contributed by atoms with Crippen molar-refractivity contribution >= 4 is 50.7 Å². The molecule has 33 heavy (non-hydrogen) atoms. The Morgan fingerprint density at radius 1 is 1.06 bits per heavy atom. The van der Waals surface area contributed by atoms with Gasteiger partial charge in [0.05, 0.1) is 35.9 Å². The minimum atomic E-state index is -4.02. The molecule has 8 nitrogen and oxygen atoms in total. The number of carbonyl (C=O) groups is 1. The fourth-order valence-electron chi connectivity index (χ4n) is 3.34. The van der Waals surface area contributed by atoms with Crippen LogP contribution >= 0.6 is 11.6 Å². The second-order valence-electron chi connectivity index (χ2n) is 7.21. The van der Waals surface area contributed by atoms with Gasteiger partial charge in [-0.05, 0) is 48.5 Å². The number of ether oxygens (including phenoxy) is 1. The second kappa shape index (κ2) is 10.1. The molecule has 10 heteroatoms. The quantitative estimate of drug-likeness (QED) is 0.484. The number of rotatable bonds is 7. The van der Waals surface area contributed by atoms with Gasteiger partial charge < -0.3 is 19.4 Å². The van der Waals surface area contributed by atoms with Gasteiger partial charge in [0.1, 0.15) is 10.7 Å². The molecule has 1 aliphatic rings. The molecule has 3 aromatic rings. The third-order valence-electron chi connectivity index (χ3n) is 4.93. The molecule has 172 valence electrons. The number of hydrogen-bond acceptors (Lipinski definition) is 6. The number of benzene rings is 2. The SMILES string of the molecule is O=C(C=Cc1ccco1)Nc1ccc(N2CCOCC2)c(S(=O)(=O)Nc2ccccc2Cl)c1. The molecule has 0 unspecified atom stereocenters. The number of carbonyl (C=O) groups excluding carboxylic acids is 1. The van der Waals surface area contributed by atoms with Crippen molar-refractivity contribution in [1.82, 2.24) is 0 Å². The lowest BCUT2D eigenvalue weighted by molar-refractivity contribution is -0.111. The van der Waals surface area contributed by atoms with E-state index in [2.05, 4.69) is 10.0 Å². The normalized spacial score (nSPS) is 14.4. The maximum atomic E-state index is 13.4. The molecule has 0 aliphatic carbocycles. The van der Waals surface area contributed by atoms with Crippen LogP contribution < -0.4 is 14.9 Å². The van der Waals surface area contributed by atoms with Crippen LogP contribution in [0, 0.1) is 0 Å². The summed E-state index contributed by atoms with van der Waals surface area (Å²) in [5.74, 6) is 0.105. The molecule has 2 heterocycles. The smallest absolute Gasteiger partial charge is 0.264 e. The number of amides is 1. The number of hydrogen-bond donors (Lipinski definition) is 2. The van der Waals surface area contributed by atoms with Crippen molar-refractivity contribution in [2.45, 2.75) is 4.90 Å². The summed E-state index contributed by atoms with van der Waals surface area (Å²) < 4.78 is 39.9. The predicted octanol–water partition coefficient (Wildman–Crippen LogP) is 4.22. The third-order valence-corrected chi connectivity index (χ3v) is 6.65. The van der Waals surface area contributed by atoms with Crippen molar-refractivity contribution in [3.63, 3.8) is 0 Å². The molecule has 1 aliphatic heterocycles. The zero-order chi connectivity index (χ0) is 23.3. The number of furan rings is 1. The Kier molecular flexibility index (Phi) is 7.02. The van der Waals surface area contributed by atoms with Crippen LogP contribution in [0.25, 0.3) is 6.08 Å². The van der Waals surface area contributed by atoms with Crippen LogP contribution in [0.4, 0.5) is 17.1 Å². The Morgan fingerprint density at radius 2 is 1.85 bits per heavy atom.